The number of amides is 2. The number of hydrogen-bond acceptors (Lipinski definition) is 8. The second-order valence-electron chi connectivity index (χ2n) is 8.02. The first-order valence-corrected chi connectivity index (χ1v) is 11.2. The van der Waals surface area contributed by atoms with Crippen LogP contribution >= 0.6 is 0 Å². The smallest absolute Gasteiger partial charge is 0.261 e. The summed E-state index contributed by atoms with van der Waals surface area (Å²) in [4.78, 5) is 26.2. The van der Waals surface area contributed by atoms with Crippen molar-refractivity contribution in [1.82, 2.24) is 25.1 Å². The number of imide groups is 1. The van der Waals surface area contributed by atoms with Gasteiger partial charge in [0.15, 0.2) is 5.76 Å². The first-order chi connectivity index (χ1) is 17.1. The molecule has 0 atom stereocenters. The van der Waals surface area contributed by atoms with Crippen molar-refractivity contribution in [3.8, 4) is 22.8 Å². The summed E-state index contributed by atoms with van der Waals surface area (Å²) in [7, 11) is 1.59. The molecule has 2 aromatic carbocycles. The molecular weight excluding hydrogens is 450 g/mol. The Hall–Kier alpha value is -4.47. The van der Waals surface area contributed by atoms with Gasteiger partial charge in [-0.05, 0) is 37.1 Å². The first kappa shape index (κ1) is 22.3. The number of aromatic nitrogens is 4. The summed E-state index contributed by atoms with van der Waals surface area (Å²) in [5, 5.41) is 12.1. The fourth-order valence-electron chi connectivity index (χ4n) is 3.96. The molecule has 3 heterocycles. The van der Waals surface area contributed by atoms with Gasteiger partial charge >= 0.3 is 0 Å². The molecule has 1 aliphatic rings. The molecule has 0 fully saturated rings. The number of carbonyl (C=O) groups excluding carboxylic acids is 2. The molecule has 0 unspecified atom stereocenters. The number of methoxy groups -OCH3 is 1. The predicted octanol–water partition coefficient (Wildman–Crippen LogP) is 3.60. The molecule has 0 bridgehead atoms. The third-order valence-electron chi connectivity index (χ3n) is 5.75. The van der Waals surface area contributed by atoms with E-state index in [1.807, 2.05) is 18.3 Å². The van der Waals surface area contributed by atoms with E-state index in [1.54, 1.807) is 54.4 Å². The zero-order chi connectivity index (χ0) is 24.2. The van der Waals surface area contributed by atoms with E-state index in [0.717, 1.165) is 12.0 Å². The fourth-order valence-corrected chi connectivity index (χ4v) is 3.96. The molecule has 0 saturated carbocycles. The van der Waals surface area contributed by atoms with Gasteiger partial charge in [-0.2, -0.15) is 0 Å². The molecule has 0 saturated heterocycles. The van der Waals surface area contributed by atoms with Crippen LogP contribution in [0.15, 0.2) is 65.4 Å². The van der Waals surface area contributed by atoms with E-state index in [-0.39, 0.29) is 18.4 Å². The number of aryl methyl sites for hydroxylation is 1. The highest BCUT2D eigenvalue weighted by Gasteiger charge is 2.34. The lowest BCUT2D eigenvalue weighted by Crippen LogP contribution is -2.30. The highest BCUT2D eigenvalue weighted by molar-refractivity contribution is 6.21. The molecule has 5 rings (SSSR count). The number of ether oxygens (including phenoxy) is 2. The van der Waals surface area contributed by atoms with E-state index in [1.165, 1.54) is 4.90 Å². The van der Waals surface area contributed by atoms with Gasteiger partial charge < -0.3 is 14.0 Å². The van der Waals surface area contributed by atoms with Crippen LogP contribution in [0.25, 0.3) is 11.3 Å². The lowest BCUT2D eigenvalue weighted by molar-refractivity contribution is 0.0651. The van der Waals surface area contributed by atoms with Crippen LogP contribution in [0.5, 0.6) is 11.5 Å². The van der Waals surface area contributed by atoms with Crippen molar-refractivity contribution in [3.63, 3.8) is 0 Å². The van der Waals surface area contributed by atoms with Gasteiger partial charge in [0.05, 0.1) is 36.2 Å². The molecule has 1 aliphatic heterocycles. The molecule has 4 aromatic rings. The van der Waals surface area contributed by atoms with Gasteiger partial charge in [0, 0.05) is 25.2 Å². The van der Waals surface area contributed by atoms with Gasteiger partial charge in [0.2, 0.25) is 0 Å². The molecule has 0 radical (unpaired) electrons. The third-order valence-corrected chi connectivity index (χ3v) is 5.75. The molecule has 35 heavy (non-hydrogen) atoms. The van der Waals surface area contributed by atoms with Crippen molar-refractivity contribution >= 4 is 11.8 Å². The van der Waals surface area contributed by atoms with E-state index >= 15 is 0 Å². The van der Waals surface area contributed by atoms with E-state index in [0.29, 0.717) is 53.6 Å². The zero-order valence-corrected chi connectivity index (χ0v) is 19.1. The average molecular weight is 473 g/mol. The molecule has 10 heteroatoms. The number of rotatable bonds is 10. The summed E-state index contributed by atoms with van der Waals surface area (Å²) < 4.78 is 18.3. The van der Waals surface area contributed by atoms with Gasteiger partial charge in [-0.3, -0.25) is 19.2 Å². The Morgan fingerprint density at radius 1 is 0.943 bits per heavy atom. The van der Waals surface area contributed by atoms with E-state index in [4.69, 9.17) is 14.0 Å². The van der Waals surface area contributed by atoms with Crippen molar-refractivity contribution in [3.05, 3.63) is 77.7 Å². The standard InChI is InChI=1S/C25H23N5O5/c1-33-18-8-9-21(22-10-11-26-35-22)23(14-18)34-16-17-15-29(28-27-17)12-4-5-13-30-24(31)19-6-2-3-7-20(19)25(30)32/h2-3,6-11,14-15H,4-5,12-13,16H2,1H3. The maximum absolute atomic E-state index is 12.4. The topological polar surface area (TPSA) is 113 Å². The number of unbranched alkanes of at least 4 members (excludes halogenated alkanes) is 1. The van der Waals surface area contributed by atoms with Crippen LogP contribution in [0.1, 0.15) is 39.3 Å². The second-order valence-corrected chi connectivity index (χ2v) is 8.02. The average Bonchev–Trinajstić information content (AvgIpc) is 3.63. The Kier molecular flexibility index (Phi) is 6.25. The van der Waals surface area contributed by atoms with E-state index < -0.39 is 0 Å². The Balaban J connectivity index is 1.14. The normalized spacial score (nSPS) is 12.8. The minimum atomic E-state index is -0.229. The molecule has 0 aliphatic carbocycles. The van der Waals surface area contributed by atoms with E-state index in [9.17, 15) is 9.59 Å². The maximum Gasteiger partial charge on any atom is 0.261 e. The maximum atomic E-state index is 12.4. The van der Waals surface area contributed by atoms with Gasteiger partial charge in [0.1, 0.15) is 23.8 Å². The predicted molar refractivity (Wildman–Crippen MR) is 124 cm³/mol. The summed E-state index contributed by atoms with van der Waals surface area (Å²) in [6.45, 7) is 1.19. The van der Waals surface area contributed by atoms with Crippen LogP contribution < -0.4 is 9.47 Å². The van der Waals surface area contributed by atoms with Crippen molar-refractivity contribution in [2.75, 3.05) is 13.7 Å². The van der Waals surface area contributed by atoms with Crippen molar-refractivity contribution < 1.29 is 23.6 Å². The third kappa shape index (κ3) is 4.63. The highest BCUT2D eigenvalue weighted by Crippen LogP contribution is 2.33. The summed E-state index contributed by atoms with van der Waals surface area (Å²) >= 11 is 0. The van der Waals surface area contributed by atoms with Gasteiger partial charge in [-0.15, -0.1) is 5.10 Å². The minimum absolute atomic E-state index is 0.212. The minimum Gasteiger partial charge on any atom is -0.497 e. The van der Waals surface area contributed by atoms with Crippen molar-refractivity contribution in [2.24, 2.45) is 0 Å². The monoisotopic (exact) mass is 473 g/mol. The SMILES string of the molecule is COc1ccc(-c2ccno2)c(OCc2cn(CCCCN3C(=O)c4ccccc4C3=O)nn2)c1. The van der Waals surface area contributed by atoms with Gasteiger partial charge in [-0.25, -0.2) is 0 Å². The van der Waals surface area contributed by atoms with Crippen LogP contribution in [0.4, 0.5) is 0 Å². The lowest BCUT2D eigenvalue weighted by atomic mass is 10.1. The quantitative estimate of drug-likeness (QED) is 0.254. The summed E-state index contributed by atoms with van der Waals surface area (Å²) in [5.41, 5.74) is 2.36. The molecule has 2 aromatic heterocycles. The molecule has 0 spiro atoms. The fraction of sp³-hybridized carbons (Fsp3) is 0.240. The molecule has 0 N–H and O–H groups in total. The molecular formula is C25H23N5O5. The number of fused-ring (bicyclic) bond motifs is 1. The van der Waals surface area contributed by atoms with E-state index in [2.05, 4.69) is 15.5 Å². The van der Waals surface area contributed by atoms with Crippen LogP contribution in [-0.4, -0.2) is 50.5 Å². The van der Waals surface area contributed by atoms with Crippen molar-refractivity contribution in [2.45, 2.75) is 26.0 Å². The summed E-state index contributed by atoms with van der Waals surface area (Å²) in [5.74, 6) is 1.37. The Labute approximate surface area is 201 Å². The van der Waals surface area contributed by atoms with Crippen LogP contribution in [0.2, 0.25) is 0 Å². The van der Waals surface area contributed by atoms with Crippen LogP contribution in [0, 0.1) is 0 Å². The van der Waals surface area contributed by atoms with Crippen LogP contribution in [-0.2, 0) is 13.2 Å². The molecule has 178 valence electrons. The van der Waals surface area contributed by atoms with Gasteiger partial charge in [0.25, 0.3) is 11.8 Å². The van der Waals surface area contributed by atoms with Gasteiger partial charge in [-0.1, -0.05) is 22.5 Å². The number of hydrogen-bond donors (Lipinski definition) is 0. The van der Waals surface area contributed by atoms with Crippen molar-refractivity contribution in [1.29, 1.82) is 0 Å². The second kappa shape index (κ2) is 9.80. The van der Waals surface area contributed by atoms with Crippen LogP contribution in [0.3, 0.4) is 0 Å². The Bertz CT molecular complexity index is 1310. The number of carbonyl (C=O) groups is 2. The molecule has 2 amide bonds. The highest BCUT2D eigenvalue weighted by atomic mass is 16.5. The zero-order valence-electron chi connectivity index (χ0n) is 19.1. The summed E-state index contributed by atoms with van der Waals surface area (Å²) in [6, 6.07) is 14.1. The number of benzene rings is 2. The Morgan fingerprint density at radius 2 is 1.71 bits per heavy atom. The summed E-state index contributed by atoms with van der Waals surface area (Å²) in [6.07, 6.45) is 4.80. The number of nitrogens with zero attached hydrogens (tertiary/aromatic N) is 5. The largest absolute Gasteiger partial charge is 0.497 e. The lowest BCUT2D eigenvalue weighted by Gasteiger charge is -2.13. The Morgan fingerprint density at radius 3 is 2.43 bits per heavy atom. The molecule has 10 nitrogen and oxygen atoms in total. The first-order valence-electron chi connectivity index (χ1n) is 11.2.